The van der Waals surface area contributed by atoms with E-state index >= 15 is 0 Å². The first-order chi connectivity index (χ1) is 11.1. The zero-order valence-corrected chi connectivity index (χ0v) is 13.6. The van der Waals surface area contributed by atoms with E-state index in [9.17, 15) is 9.59 Å². The fourth-order valence-electron chi connectivity index (χ4n) is 3.00. The van der Waals surface area contributed by atoms with Gasteiger partial charge in [-0.05, 0) is 18.9 Å². The minimum absolute atomic E-state index is 0.102. The number of nitrogens with zero attached hydrogens (tertiary/aromatic N) is 3. The lowest BCUT2D eigenvalue weighted by Gasteiger charge is -2.35. The Morgan fingerprint density at radius 2 is 2.09 bits per heavy atom. The van der Waals surface area contributed by atoms with Crippen LogP contribution in [0.15, 0.2) is 12.1 Å². The Labute approximate surface area is 139 Å². The van der Waals surface area contributed by atoms with E-state index < -0.39 is 0 Å². The maximum absolute atomic E-state index is 12.6. The van der Waals surface area contributed by atoms with Crippen LogP contribution in [0, 0.1) is 0 Å². The van der Waals surface area contributed by atoms with Crippen LogP contribution in [-0.2, 0) is 4.74 Å². The Bertz CT molecular complexity index is 617. The molecule has 2 fully saturated rings. The topological polar surface area (TPSA) is 72.0 Å². The van der Waals surface area contributed by atoms with Gasteiger partial charge in [-0.15, -0.1) is 0 Å². The first kappa shape index (κ1) is 15.9. The quantitative estimate of drug-likeness (QED) is 0.785. The van der Waals surface area contributed by atoms with Crippen molar-refractivity contribution in [3.63, 3.8) is 0 Å². The van der Waals surface area contributed by atoms with Crippen LogP contribution in [0.25, 0.3) is 0 Å². The molecule has 0 atom stereocenters. The summed E-state index contributed by atoms with van der Waals surface area (Å²) in [7, 11) is 1.48. The second kappa shape index (κ2) is 6.62. The van der Waals surface area contributed by atoms with E-state index in [1.807, 2.05) is 0 Å². The number of hydrogen-bond acceptors (Lipinski definition) is 5. The van der Waals surface area contributed by atoms with Gasteiger partial charge in [0.15, 0.2) is 0 Å². The van der Waals surface area contributed by atoms with E-state index in [1.54, 1.807) is 15.9 Å². The predicted octanol–water partition coefficient (Wildman–Crippen LogP) is 1.80. The Morgan fingerprint density at radius 3 is 2.70 bits per heavy atom. The summed E-state index contributed by atoms with van der Waals surface area (Å²) in [6.07, 6.45) is 1.24. The number of aromatic nitrogens is 1. The van der Waals surface area contributed by atoms with Gasteiger partial charge in [-0.2, -0.15) is 0 Å². The van der Waals surface area contributed by atoms with Gasteiger partial charge >= 0.3 is 6.09 Å². The lowest BCUT2D eigenvalue weighted by atomic mass is 10.0. The molecule has 2 aliphatic rings. The van der Waals surface area contributed by atoms with Crippen molar-refractivity contribution in [2.75, 3.05) is 33.4 Å². The number of pyridine rings is 1. The second-order valence-electron chi connectivity index (χ2n) is 5.55. The number of ether oxygens (including phenoxy) is 2. The molecule has 0 radical (unpaired) electrons. The van der Waals surface area contributed by atoms with Gasteiger partial charge in [-0.1, -0.05) is 11.6 Å². The molecule has 2 aliphatic heterocycles. The molecule has 0 unspecified atom stereocenters. The van der Waals surface area contributed by atoms with Crippen molar-refractivity contribution in [2.24, 2.45) is 0 Å². The zero-order valence-electron chi connectivity index (χ0n) is 12.8. The van der Waals surface area contributed by atoms with E-state index in [1.165, 1.54) is 13.2 Å². The third-order valence-corrected chi connectivity index (χ3v) is 4.41. The lowest BCUT2D eigenvalue weighted by molar-refractivity contribution is 0.0658. The SMILES string of the molecule is COc1cc(C(=O)N2CCC(N3CCOC3=O)CC2)cc(Cl)n1. The van der Waals surface area contributed by atoms with Crippen molar-refractivity contribution >= 4 is 23.6 Å². The summed E-state index contributed by atoms with van der Waals surface area (Å²) < 4.78 is 10.0. The number of carbonyl (C=O) groups excluding carboxylic acids is 2. The van der Waals surface area contributed by atoms with Crippen LogP contribution in [0.1, 0.15) is 23.2 Å². The number of piperidine rings is 1. The molecular weight excluding hydrogens is 322 g/mol. The largest absolute Gasteiger partial charge is 0.481 e. The van der Waals surface area contributed by atoms with Gasteiger partial charge in [0, 0.05) is 30.8 Å². The maximum Gasteiger partial charge on any atom is 0.410 e. The highest BCUT2D eigenvalue weighted by Crippen LogP contribution is 2.23. The second-order valence-corrected chi connectivity index (χ2v) is 5.94. The van der Waals surface area contributed by atoms with Crippen LogP contribution in [-0.4, -0.2) is 66.2 Å². The third kappa shape index (κ3) is 3.34. The summed E-state index contributed by atoms with van der Waals surface area (Å²) >= 11 is 5.92. The van der Waals surface area contributed by atoms with Crippen molar-refractivity contribution in [3.8, 4) is 5.88 Å². The number of halogens is 1. The normalized spacial score (nSPS) is 19.0. The predicted molar refractivity (Wildman–Crippen MR) is 82.8 cm³/mol. The van der Waals surface area contributed by atoms with E-state index in [2.05, 4.69) is 4.98 Å². The minimum atomic E-state index is -0.250. The molecule has 2 amide bonds. The molecule has 3 rings (SSSR count). The summed E-state index contributed by atoms with van der Waals surface area (Å²) in [4.78, 5) is 31.7. The molecule has 1 aromatic heterocycles. The first-order valence-electron chi connectivity index (χ1n) is 7.52. The van der Waals surface area contributed by atoms with Gasteiger partial charge < -0.3 is 19.3 Å². The van der Waals surface area contributed by atoms with Gasteiger partial charge in [0.1, 0.15) is 11.8 Å². The molecule has 23 heavy (non-hydrogen) atoms. The van der Waals surface area contributed by atoms with Gasteiger partial charge in [-0.25, -0.2) is 9.78 Å². The number of hydrogen-bond donors (Lipinski definition) is 0. The monoisotopic (exact) mass is 339 g/mol. The fraction of sp³-hybridized carbons (Fsp3) is 0.533. The number of rotatable bonds is 3. The number of methoxy groups -OCH3 is 1. The molecule has 2 saturated heterocycles. The number of likely N-dealkylation sites (tertiary alicyclic amines) is 1. The third-order valence-electron chi connectivity index (χ3n) is 4.21. The van der Waals surface area contributed by atoms with Crippen LogP contribution in [0.5, 0.6) is 5.88 Å². The molecule has 0 bridgehead atoms. The maximum atomic E-state index is 12.6. The molecule has 7 nitrogen and oxygen atoms in total. The Hall–Kier alpha value is -2.02. The Morgan fingerprint density at radius 1 is 1.35 bits per heavy atom. The van der Waals surface area contributed by atoms with Crippen molar-refractivity contribution in [2.45, 2.75) is 18.9 Å². The zero-order chi connectivity index (χ0) is 16.4. The van der Waals surface area contributed by atoms with Gasteiger partial charge in [0.2, 0.25) is 5.88 Å². The summed E-state index contributed by atoms with van der Waals surface area (Å²) in [5, 5.41) is 0.224. The molecule has 0 saturated carbocycles. The number of cyclic esters (lactones) is 1. The van der Waals surface area contributed by atoms with Gasteiger partial charge in [0.05, 0.1) is 13.7 Å². The molecule has 0 N–H and O–H groups in total. The summed E-state index contributed by atoms with van der Waals surface area (Å²) in [6.45, 7) is 2.27. The van der Waals surface area contributed by atoms with Crippen molar-refractivity contribution in [1.29, 1.82) is 0 Å². The highest BCUT2D eigenvalue weighted by Gasteiger charge is 2.33. The number of carbonyl (C=O) groups is 2. The lowest BCUT2D eigenvalue weighted by Crippen LogP contribution is -2.47. The summed E-state index contributed by atoms with van der Waals surface area (Å²) in [5.41, 5.74) is 0.459. The van der Waals surface area contributed by atoms with E-state index in [0.717, 1.165) is 12.8 Å². The van der Waals surface area contributed by atoms with Crippen molar-refractivity contribution in [1.82, 2.24) is 14.8 Å². The highest BCUT2D eigenvalue weighted by atomic mass is 35.5. The molecule has 8 heteroatoms. The smallest absolute Gasteiger partial charge is 0.410 e. The molecule has 0 spiro atoms. The molecular formula is C15H18ClN3O4. The highest BCUT2D eigenvalue weighted by molar-refractivity contribution is 6.29. The summed E-state index contributed by atoms with van der Waals surface area (Å²) in [5.74, 6) is 0.214. The fourth-order valence-corrected chi connectivity index (χ4v) is 3.20. The van der Waals surface area contributed by atoms with Gasteiger partial charge in [-0.3, -0.25) is 4.79 Å². The van der Waals surface area contributed by atoms with Gasteiger partial charge in [0.25, 0.3) is 5.91 Å². The van der Waals surface area contributed by atoms with E-state index in [4.69, 9.17) is 21.1 Å². The molecule has 3 heterocycles. The first-order valence-corrected chi connectivity index (χ1v) is 7.90. The average Bonchev–Trinajstić information content (AvgIpc) is 2.99. The summed E-state index contributed by atoms with van der Waals surface area (Å²) in [6, 6.07) is 3.26. The molecule has 0 aromatic carbocycles. The van der Waals surface area contributed by atoms with Crippen molar-refractivity contribution in [3.05, 3.63) is 22.8 Å². The van der Waals surface area contributed by atoms with Crippen molar-refractivity contribution < 1.29 is 19.1 Å². The molecule has 0 aliphatic carbocycles. The van der Waals surface area contributed by atoms with E-state index in [-0.39, 0.29) is 23.2 Å². The minimum Gasteiger partial charge on any atom is -0.481 e. The van der Waals surface area contributed by atoms with Crippen LogP contribution < -0.4 is 4.74 Å². The van der Waals surface area contributed by atoms with Crippen LogP contribution in [0.4, 0.5) is 4.79 Å². The van der Waals surface area contributed by atoms with Crippen LogP contribution in [0.3, 0.4) is 0 Å². The van der Waals surface area contributed by atoms with Crippen LogP contribution in [0.2, 0.25) is 5.15 Å². The molecule has 124 valence electrons. The van der Waals surface area contributed by atoms with E-state index in [0.29, 0.717) is 37.7 Å². The Balaban J connectivity index is 1.64. The number of amides is 2. The molecule has 1 aromatic rings. The standard InChI is InChI=1S/C15H18ClN3O4/c1-22-13-9-10(8-12(16)17-13)14(20)18-4-2-11(3-5-18)19-6-7-23-15(19)21/h8-9,11H,2-7H2,1H3. The average molecular weight is 340 g/mol. The Kier molecular flexibility index (Phi) is 4.56. The van der Waals surface area contributed by atoms with Crippen LogP contribution >= 0.6 is 11.6 Å².